The van der Waals surface area contributed by atoms with Gasteiger partial charge in [-0.05, 0) is 91.2 Å². The number of benzene rings is 5. The fourth-order valence-corrected chi connectivity index (χ4v) is 5.11. The molecule has 1 aromatic heterocycles. The quantitative estimate of drug-likeness (QED) is 0.209. The largest absolute Gasteiger partial charge is 0.355 e. The van der Waals surface area contributed by atoms with Crippen LogP contribution in [0.1, 0.15) is 18.1 Å². The van der Waals surface area contributed by atoms with E-state index in [-0.39, 0.29) is 16.1 Å². The van der Waals surface area contributed by atoms with Crippen LogP contribution in [0.15, 0.2) is 132 Å². The Morgan fingerprint density at radius 1 is 0.667 bits per heavy atom. The number of halogens is 4. The molecule has 0 unspecified atom stereocenters. The predicted molar refractivity (Wildman–Crippen MR) is 174 cm³/mol. The van der Waals surface area contributed by atoms with Gasteiger partial charge in [0.05, 0.1) is 11.2 Å². The highest BCUT2D eigenvalue weighted by Crippen LogP contribution is 2.36. The lowest BCUT2D eigenvalue weighted by molar-refractivity contribution is 0.627. The summed E-state index contributed by atoms with van der Waals surface area (Å²) < 4.78 is 28.6. The van der Waals surface area contributed by atoms with Gasteiger partial charge in [-0.25, -0.2) is 8.78 Å². The summed E-state index contributed by atoms with van der Waals surface area (Å²) in [6.07, 6.45) is 0. The number of hydrogen-bond acceptors (Lipinski definition) is 1. The first-order valence-corrected chi connectivity index (χ1v) is 14.1. The number of allylic oxidation sites excluding steroid dienone is 1. The minimum absolute atomic E-state index is 0.219. The number of nitrogens with one attached hydrogen (secondary N) is 1. The maximum Gasteiger partial charge on any atom is 0.123 e. The Hall–Kier alpha value is -4.38. The molecule has 6 aromatic rings. The first-order valence-electron chi connectivity index (χ1n) is 13.4. The standard InChI is InChI=1S/C21H16FN.C15H12Cl2FN/c1-15-19-9-5-6-10-20(19)23(18-13-11-17(22)12-14-18)21(15)16-7-3-2-4-8-16;1-10(15(16)17)13-4-2-3-5-14(13)19-12-8-6-11(18)7-9-12/h2-14H,1H3;2-9,19H,1H3. The van der Waals surface area contributed by atoms with E-state index in [0.717, 1.165) is 45.0 Å². The topological polar surface area (TPSA) is 17.0 Å². The number of aromatic nitrogens is 1. The zero-order chi connectivity index (χ0) is 29.6. The molecule has 210 valence electrons. The van der Waals surface area contributed by atoms with Gasteiger partial charge in [0, 0.05) is 28.0 Å². The van der Waals surface area contributed by atoms with E-state index in [1.165, 1.54) is 35.2 Å². The number of nitrogens with zero attached hydrogens (tertiary/aromatic N) is 1. The zero-order valence-electron chi connectivity index (χ0n) is 23.1. The fourth-order valence-electron chi connectivity index (χ4n) is 4.91. The normalized spacial score (nSPS) is 10.6. The monoisotopic (exact) mass is 596 g/mol. The fraction of sp³-hybridized carbons (Fsp3) is 0.0556. The van der Waals surface area contributed by atoms with Gasteiger partial charge in [-0.2, -0.15) is 0 Å². The van der Waals surface area contributed by atoms with Crippen molar-refractivity contribution in [2.24, 2.45) is 0 Å². The Morgan fingerprint density at radius 3 is 1.90 bits per heavy atom. The summed E-state index contributed by atoms with van der Waals surface area (Å²) in [4.78, 5) is 0. The van der Waals surface area contributed by atoms with E-state index >= 15 is 0 Å². The summed E-state index contributed by atoms with van der Waals surface area (Å²) in [5.74, 6) is -0.484. The lowest BCUT2D eigenvalue weighted by atomic mass is 10.1. The highest BCUT2D eigenvalue weighted by Gasteiger charge is 2.16. The van der Waals surface area contributed by atoms with Crippen LogP contribution < -0.4 is 5.32 Å². The molecule has 1 N–H and O–H groups in total. The lowest BCUT2D eigenvalue weighted by Gasteiger charge is -2.12. The summed E-state index contributed by atoms with van der Waals surface area (Å²) >= 11 is 11.7. The molecule has 0 bridgehead atoms. The SMILES string of the molecule is CC(=C(Cl)Cl)c1ccccc1Nc1ccc(F)cc1.Cc1c(-c2ccccc2)n(-c2ccc(F)cc2)c2ccccc12. The van der Waals surface area contributed by atoms with Crippen LogP contribution in [-0.2, 0) is 0 Å². The van der Waals surface area contributed by atoms with E-state index in [1.807, 2.05) is 67.6 Å². The first kappa shape index (κ1) is 29.1. The van der Waals surface area contributed by atoms with Gasteiger partial charge in [-0.1, -0.05) is 89.9 Å². The Morgan fingerprint density at radius 2 is 1.24 bits per heavy atom. The molecular formula is C36H28Cl2F2N2. The van der Waals surface area contributed by atoms with Crippen molar-refractivity contribution in [1.82, 2.24) is 4.57 Å². The maximum absolute atomic E-state index is 13.3. The van der Waals surface area contributed by atoms with Crippen molar-refractivity contribution in [1.29, 1.82) is 0 Å². The second kappa shape index (κ2) is 13.1. The van der Waals surface area contributed by atoms with Crippen molar-refractivity contribution in [3.63, 3.8) is 0 Å². The van der Waals surface area contributed by atoms with Crippen LogP contribution in [0.3, 0.4) is 0 Å². The summed E-state index contributed by atoms with van der Waals surface area (Å²) in [6.45, 7) is 3.99. The molecule has 0 aliphatic heterocycles. The summed E-state index contributed by atoms with van der Waals surface area (Å²) in [5, 5.41) is 4.44. The average molecular weight is 598 g/mol. The lowest BCUT2D eigenvalue weighted by Crippen LogP contribution is -1.97. The van der Waals surface area contributed by atoms with Crippen molar-refractivity contribution in [3.05, 3.63) is 155 Å². The van der Waals surface area contributed by atoms with Crippen LogP contribution in [0, 0.1) is 18.6 Å². The van der Waals surface area contributed by atoms with E-state index < -0.39 is 0 Å². The van der Waals surface area contributed by atoms with Crippen LogP contribution in [0.4, 0.5) is 20.2 Å². The minimum Gasteiger partial charge on any atom is -0.355 e. The Labute approximate surface area is 254 Å². The first-order chi connectivity index (χ1) is 20.3. The van der Waals surface area contributed by atoms with E-state index in [4.69, 9.17) is 23.2 Å². The predicted octanol–water partition coefficient (Wildman–Crippen LogP) is 11.5. The maximum atomic E-state index is 13.3. The molecule has 0 aliphatic rings. The second-order valence-electron chi connectivity index (χ2n) is 9.73. The van der Waals surface area contributed by atoms with Gasteiger partial charge in [0.25, 0.3) is 0 Å². The molecular weight excluding hydrogens is 569 g/mol. The van der Waals surface area contributed by atoms with Gasteiger partial charge in [-0.15, -0.1) is 0 Å². The van der Waals surface area contributed by atoms with Crippen molar-refractivity contribution < 1.29 is 8.78 Å². The Kier molecular flexibility index (Phi) is 9.06. The van der Waals surface area contributed by atoms with Gasteiger partial charge in [-0.3, -0.25) is 0 Å². The number of para-hydroxylation sites is 2. The number of anilines is 2. The Bertz CT molecular complexity index is 1840. The third-order valence-corrected chi connectivity index (χ3v) is 7.56. The number of fused-ring (bicyclic) bond motifs is 1. The molecule has 0 radical (unpaired) electrons. The molecule has 0 amide bonds. The van der Waals surface area contributed by atoms with Crippen molar-refractivity contribution in [2.45, 2.75) is 13.8 Å². The number of rotatable bonds is 5. The van der Waals surface area contributed by atoms with Crippen LogP contribution in [0.25, 0.3) is 33.4 Å². The third kappa shape index (κ3) is 6.41. The van der Waals surface area contributed by atoms with Crippen LogP contribution in [-0.4, -0.2) is 4.57 Å². The van der Waals surface area contributed by atoms with Crippen molar-refractivity contribution in [2.75, 3.05) is 5.32 Å². The van der Waals surface area contributed by atoms with Crippen LogP contribution in [0.2, 0.25) is 0 Å². The third-order valence-electron chi connectivity index (χ3n) is 7.00. The zero-order valence-corrected chi connectivity index (χ0v) is 24.6. The van der Waals surface area contributed by atoms with Crippen molar-refractivity contribution >= 4 is 51.1 Å². The molecule has 0 fully saturated rings. The summed E-state index contributed by atoms with van der Waals surface area (Å²) in [6, 6.07) is 39.1. The van der Waals surface area contributed by atoms with E-state index in [9.17, 15) is 8.78 Å². The molecule has 5 aromatic carbocycles. The molecule has 1 heterocycles. The van der Waals surface area contributed by atoms with Crippen LogP contribution >= 0.6 is 23.2 Å². The highest BCUT2D eigenvalue weighted by atomic mass is 35.5. The molecule has 6 heteroatoms. The van der Waals surface area contributed by atoms with Gasteiger partial charge in [0.1, 0.15) is 16.1 Å². The van der Waals surface area contributed by atoms with Gasteiger partial charge >= 0.3 is 0 Å². The molecule has 0 saturated heterocycles. The Balaban J connectivity index is 0.000000172. The van der Waals surface area contributed by atoms with Gasteiger partial charge < -0.3 is 9.88 Å². The van der Waals surface area contributed by atoms with E-state index in [1.54, 1.807) is 12.1 Å². The molecule has 2 nitrogen and oxygen atoms in total. The number of hydrogen-bond donors (Lipinski definition) is 1. The molecule has 42 heavy (non-hydrogen) atoms. The van der Waals surface area contributed by atoms with Crippen LogP contribution in [0.5, 0.6) is 0 Å². The molecule has 0 saturated carbocycles. The van der Waals surface area contributed by atoms with Crippen molar-refractivity contribution in [3.8, 4) is 16.9 Å². The second-order valence-corrected chi connectivity index (χ2v) is 10.7. The van der Waals surface area contributed by atoms with Gasteiger partial charge in [0.2, 0.25) is 0 Å². The summed E-state index contributed by atoms with van der Waals surface area (Å²) in [5.41, 5.74) is 9.00. The van der Waals surface area contributed by atoms with E-state index in [0.29, 0.717) is 0 Å². The average Bonchev–Trinajstić information content (AvgIpc) is 3.31. The minimum atomic E-state index is -0.265. The molecule has 0 spiro atoms. The number of aryl methyl sites for hydroxylation is 1. The highest BCUT2D eigenvalue weighted by molar-refractivity contribution is 6.58. The summed E-state index contributed by atoms with van der Waals surface area (Å²) in [7, 11) is 0. The van der Waals surface area contributed by atoms with Gasteiger partial charge in [0.15, 0.2) is 0 Å². The van der Waals surface area contributed by atoms with E-state index in [2.05, 4.69) is 47.1 Å². The molecule has 0 atom stereocenters. The molecule has 0 aliphatic carbocycles. The smallest absolute Gasteiger partial charge is 0.123 e. The molecule has 6 rings (SSSR count).